The molecule has 1 aromatic carbocycles. The second-order valence-corrected chi connectivity index (χ2v) is 4.09. The highest BCUT2D eigenvalue weighted by Gasteiger charge is 2.04. The Bertz CT molecular complexity index is 792. The lowest BCUT2D eigenvalue weighted by atomic mass is 10.2. The van der Waals surface area contributed by atoms with Crippen LogP contribution in [0.2, 0.25) is 0 Å². The second kappa shape index (κ2) is 6.83. The van der Waals surface area contributed by atoms with Crippen molar-refractivity contribution < 1.29 is 9.90 Å². The van der Waals surface area contributed by atoms with Gasteiger partial charge >= 0.3 is 5.69 Å². The predicted octanol–water partition coefficient (Wildman–Crippen LogP) is -1.27. The molecule has 0 spiro atoms. The van der Waals surface area contributed by atoms with E-state index in [1.807, 2.05) is 10.1 Å². The van der Waals surface area contributed by atoms with Crippen LogP contribution in [-0.2, 0) is 4.79 Å². The van der Waals surface area contributed by atoms with Gasteiger partial charge in [-0.25, -0.2) is 15.3 Å². The van der Waals surface area contributed by atoms with Crippen molar-refractivity contribution in [2.45, 2.75) is 0 Å². The van der Waals surface area contributed by atoms with Crippen LogP contribution in [0.3, 0.4) is 0 Å². The third-order valence-electron chi connectivity index (χ3n) is 2.42. The molecule has 1 aromatic heterocycles. The fourth-order valence-electron chi connectivity index (χ4n) is 1.41. The first-order valence-corrected chi connectivity index (χ1v) is 6.08. The van der Waals surface area contributed by atoms with Gasteiger partial charge in [-0.3, -0.25) is 14.6 Å². The summed E-state index contributed by atoms with van der Waals surface area (Å²) >= 11 is 0. The Morgan fingerprint density at radius 2 is 2.05 bits per heavy atom. The lowest BCUT2D eigenvalue weighted by Gasteiger charge is -2.02. The zero-order valence-electron chi connectivity index (χ0n) is 11.2. The number of phenols is 1. The summed E-state index contributed by atoms with van der Waals surface area (Å²) in [5, 5.41) is 20.8. The quantitative estimate of drug-likeness (QED) is 0.343. The van der Waals surface area contributed by atoms with Gasteiger partial charge in [-0.15, -0.1) is 5.10 Å². The van der Waals surface area contributed by atoms with E-state index in [-0.39, 0.29) is 18.1 Å². The van der Waals surface area contributed by atoms with Crippen LogP contribution in [0.25, 0.3) is 0 Å². The van der Waals surface area contributed by atoms with Crippen molar-refractivity contribution >= 4 is 17.9 Å². The Morgan fingerprint density at radius 3 is 2.73 bits per heavy atom. The maximum Gasteiger partial charge on any atom is 0.342 e. The lowest BCUT2D eigenvalue weighted by Crippen LogP contribution is -2.31. The minimum atomic E-state index is -0.738. The number of carbonyl (C=O) groups is 1. The van der Waals surface area contributed by atoms with Gasteiger partial charge in [0.1, 0.15) is 5.75 Å². The van der Waals surface area contributed by atoms with Crippen LogP contribution in [0.15, 0.2) is 39.0 Å². The Kier molecular flexibility index (Phi) is 4.65. The van der Waals surface area contributed by atoms with Gasteiger partial charge in [0.15, 0.2) is 0 Å². The number of carbonyl (C=O) groups excluding carboxylic acids is 1. The number of aromatic nitrogens is 3. The molecular weight excluding hydrogens is 292 g/mol. The predicted molar refractivity (Wildman–Crippen MR) is 77.8 cm³/mol. The maximum atomic E-state index is 11.5. The lowest BCUT2D eigenvalue weighted by molar-refractivity contribution is -0.119. The molecule has 1 amide bonds. The van der Waals surface area contributed by atoms with E-state index < -0.39 is 17.2 Å². The zero-order chi connectivity index (χ0) is 15.9. The number of benzene rings is 1. The Balaban J connectivity index is 1.84. The number of aromatic amines is 2. The van der Waals surface area contributed by atoms with E-state index in [4.69, 9.17) is 5.11 Å². The van der Waals surface area contributed by atoms with Crippen molar-refractivity contribution in [1.82, 2.24) is 20.6 Å². The Morgan fingerprint density at radius 1 is 1.32 bits per heavy atom. The van der Waals surface area contributed by atoms with E-state index in [9.17, 15) is 14.4 Å². The third kappa shape index (κ3) is 4.30. The molecule has 0 atom stereocenters. The van der Waals surface area contributed by atoms with Crippen LogP contribution in [0.4, 0.5) is 5.82 Å². The van der Waals surface area contributed by atoms with Crippen LogP contribution in [-0.4, -0.2) is 39.0 Å². The average molecular weight is 304 g/mol. The first-order chi connectivity index (χ1) is 10.5. The number of H-pyrrole nitrogens is 2. The molecule has 0 saturated heterocycles. The molecule has 5 N–H and O–H groups in total. The molecule has 0 radical (unpaired) electrons. The van der Waals surface area contributed by atoms with Crippen molar-refractivity contribution in [3.8, 4) is 5.75 Å². The molecule has 0 fully saturated rings. The maximum absolute atomic E-state index is 11.5. The van der Waals surface area contributed by atoms with Crippen LogP contribution >= 0.6 is 0 Å². The van der Waals surface area contributed by atoms with E-state index in [1.165, 1.54) is 18.3 Å². The number of phenolic OH excluding ortho intramolecular Hbond substituents is 1. The average Bonchev–Trinajstić information content (AvgIpc) is 2.48. The smallest absolute Gasteiger partial charge is 0.342 e. The number of hydrogen-bond donors (Lipinski definition) is 5. The summed E-state index contributed by atoms with van der Waals surface area (Å²) in [6, 6.07) is 6.21. The minimum Gasteiger partial charge on any atom is -0.508 e. The summed E-state index contributed by atoms with van der Waals surface area (Å²) in [5.74, 6) is -0.566. The molecule has 0 saturated carbocycles. The van der Waals surface area contributed by atoms with Gasteiger partial charge in [-0.05, 0) is 29.8 Å². The van der Waals surface area contributed by atoms with E-state index in [0.29, 0.717) is 5.56 Å². The largest absolute Gasteiger partial charge is 0.508 e. The molecule has 0 unspecified atom stereocenters. The van der Waals surface area contributed by atoms with Crippen LogP contribution in [0.5, 0.6) is 5.75 Å². The molecule has 114 valence electrons. The van der Waals surface area contributed by atoms with Crippen molar-refractivity contribution in [3.05, 3.63) is 50.7 Å². The Labute approximate surface area is 122 Å². The zero-order valence-corrected chi connectivity index (χ0v) is 11.2. The van der Waals surface area contributed by atoms with Gasteiger partial charge < -0.3 is 10.4 Å². The number of nitrogens with zero attached hydrogens (tertiary/aromatic N) is 2. The molecular formula is C12H12N6O4. The SMILES string of the molecule is O=C(CNc1n[nH]c(=O)[nH]c1=O)N/N=C\c1ccc(O)cc1. The number of rotatable bonds is 5. The van der Waals surface area contributed by atoms with Gasteiger partial charge in [0.25, 0.3) is 11.5 Å². The third-order valence-corrected chi connectivity index (χ3v) is 2.42. The molecule has 1 heterocycles. The molecule has 0 aliphatic rings. The number of hydrogen-bond acceptors (Lipinski definition) is 7. The number of anilines is 1. The topological polar surface area (TPSA) is 152 Å². The van der Waals surface area contributed by atoms with Crippen molar-refractivity contribution in [2.75, 3.05) is 11.9 Å². The fraction of sp³-hybridized carbons (Fsp3) is 0.0833. The van der Waals surface area contributed by atoms with E-state index in [2.05, 4.69) is 20.9 Å². The highest BCUT2D eigenvalue weighted by Crippen LogP contribution is 2.07. The summed E-state index contributed by atoms with van der Waals surface area (Å²) in [7, 11) is 0. The number of amides is 1. The van der Waals surface area contributed by atoms with Crippen molar-refractivity contribution in [3.63, 3.8) is 0 Å². The molecule has 2 aromatic rings. The normalized spacial score (nSPS) is 10.5. The van der Waals surface area contributed by atoms with Gasteiger partial charge in [-0.2, -0.15) is 5.10 Å². The first-order valence-electron chi connectivity index (χ1n) is 6.08. The monoisotopic (exact) mass is 304 g/mol. The summed E-state index contributed by atoms with van der Waals surface area (Å²) in [4.78, 5) is 35.5. The second-order valence-electron chi connectivity index (χ2n) is 4.09. The molecule has 0 aliphatic carbocycles. The van der Waals surface area contributed by atoms with Gasteiger partial charge in [0, 0.05) is 0 Å². The molecule has 10 heteroatoms. The number of aromatic hydroxyl groups is 1. The van der Waals surface area contributed by atoms with E-state index in [0.717, 1.165) is 0 Å². The highest BCUT2D eigenvalue weighted by molar-refractivity contribution is 5.84. The highest BCUT2D eigenvalue weighted by atomic mass is 16.3. The summed E-state index contributed by atoms with van der Waals surface area (Å²) in [6.45, 7) is -0.255. The van der Waals surface area contributed by atoms with Crippen LogP contribution in [0.1, 0.15) is 5.56 Å². The molecule has 10 nitrogen and oxygen atoms in total. The first kappa shape index (κ1) is 15.0. The van der Waals surface area contributed by atoms with Gasteiger partial charge in [0.05, 0.1) is 12.8 Å². The standard InChI is InChI=1S/C12H12N6O4/c19-8-3-1-7(2-4-8)5-14-16-9(20)6-13-10-11(21)15-12(22)18-17-10/h1-5,19H,6H2,(H,13,17)(H,16,20)(H2,15,18,21,22)/b14-5-. The summed E-state index contributed by atoms with van der Waals surface area (Å²) in [6.07, 6.45) is 1.39. The molecule has 0 bridgehead atoms. The minimum absolute atomic E-state index is 0.129. The van der Waals surface area contributed by atoms with Gasteiger partial charge in [-0.1, -0.05) is 0 Å². The molecule has 22 heavy (non-hydrogen) atoms. The van der Waals surface area contributed by atoms with E-state index in [1.54, 1.807) is 12.1 Å². The molecule has 0 aliphatic heterocycles. The van der Waals surface area contributed by atoms with E-state index >= 15 is 0 Å². The van der Waals surface area contributed by atoms with Crippen LogP contribution in [0, 0.1) is 0 Å². The summed E-state index contributed by atoms with van der Waals surface area (Å²) < 4.78 is 0. The fourth-order valence-corrected chi connectivity index (χ4v) is 1.41. The van der Waals surface area contributed by atoms with Crippen molar-refractivity contribution in [2.24, 2.45) is 5.10 Å². The molecule has 2 rings (SSSR count). The van der Waals surface area contributed by atoms with Gasteiger partial charge in [0.2, 0.25) is 5.82 Å². The number of nitrogens with one attached hydrogen (secondary N) is 4. The number of hydrazone groups is 1. The van der Waals surface area contributed by atoms with Crippen molar-refractivity contribution in [1.29, 1.82) is 0 Å². The summed E-state index contributed by atoms with van der Waals surface area (Å²) in [5.41, 5.74) is 1.46. The van der Waals surface area contributed by atoms with Crippen LogP contribution < -0.4 is 22.0 Å². The Hall–Kier alpha value is -3.43.